The molecule has 0 radical (unpaired) electrons. The number of anilines is 1. The molecule has 0 aromatic heterocycles. The van der Waals surface area contributed by atoms with Gasteiger partial charge in [0.15, 0.2) is 5.11 Å². The fourth-order valence-corrected chi connectivity index (χ4v) is 3.14. The molecule has 0 saturated carbocycles. The Morgan fingerprint density at radius 1 is 1.25 bits per heavy atom. The largest absolute Gasteiger partial charge is 0.309 e. The van der Waals surface area contributed by atoms with Gasteiger partial charge in [-0.3, -0.25) is 19.8 Å². The molecule has 0 aliphatic carbocycles. The highest BCUT2D eigenvalue weighted by molar-refractivity contribution is 7.80. The minimum Gasteiger partial charge on any atom is -0.309 e. The van der Waals surface area contributed by atoms with E-state index < -0.39 is 11.8 Å². The number of hydrogen-bond donors (Lipinski definition) is 1. The number of nitrogens with one attached hydrogen (secondary N) is 1. The van der Waals surface area contributed by atoms with Crippen LogP contribution in [-0.2, 0) is 9.59 Å². The number of rotatable bonds is 4. The first-order valence-corrected chi connectivity index (χ1v) is 8.22. The highest BCUT2D eigenvalue weighted by atomic mass is 35.5. The predicted molar refractivity (Wildman–Crippen MR) is 100 cm³/mol. The van der Waals surface area contributed by atoms with Crippen LogP contribution in [0.1, 0.15) is 13.8 Å². The molecule has 128 valence electrons. The van der Waals surface area contributed by atoms with Crippen LogP contribution in [-0.4, -0.2) is 42.5 Å². The maximum Gasteiger partial charge on any atom is 0.269 e. The molecule has 1 aromatic rings. The van der Waals surface area contributed by atoms with E-state index in [1.54, 1.807) is 30.3 Å². The first kappa shape index (κ1) is 18.6. The van der Waals surface area contributed by atoms with Gasteiger partial charge in [-0.1, -0.05) is 31.5 Å². The van der Waals surface area contributed by atoms with Gasteiger partial charge in [-0.25, -0.2) is 0 Å². The molecule has 1 aliphatic heterocycles. The third-order valence-electron chi connectivity index (χ3n) is 3.45. The van der Waals surface area contributed by atoms with E-state index in [0.29, 0.717) is 17.3 Å². The molecule has 24 heavy (non-hydrogen) atoms. The molecule has 0 atom stereocenters. The Morgan fingerprint density at radius 2 is 1.83 bits per heavy atom. The Kier molecular flexibility index (Phi) is 5.42. The van der Waals surface area contributed by atoms with Crippen LogP contribution >= 0.6 is 23.8 Å². The van der Waals surface area contributed by atoms with Gasteiger partial charge in [0, 0.05) is 11.6 Å². The highest BCUT2D eigenvalue weighted by Gasteiger charge is 2.36. The minimum absolute atomic E-state index is 0.0647. The van der Waals surface area contributed by atoms with Gasteiger partial charge in [-0.15, -0.1) is 0 Å². The third kappa shape index (κ3) is 4.20. The van der Waals surface area contributed by atoms with Gasteiger partial charge in [0.2, 0.25) is 0 Å². The lowest BCUT2D eigenvalue weighted by atomic mass is 9.89. The molecule has 5 nitrogen and oxygen atoms in total. The number of thiocarbonyl (C=S) groups is 1. The topological polar surface area (TPSA) is 52.7 Å². The molecule has 1 N–H and O–H groups in total. The van der Waals surface area contributed by atoms with Gasteiger partial charge >= 0.3 is 0 Å². The molecular weight excluding hydrogens is 346 g/mol. The van der Waals surface area contributed by atoms with Crippen molar-refractivity contribution in [1.82, 2.24) is 10.2 Å². The average Bonchev–Trinajstić information content (AvgIpc) is 2.44. The lowest BCUT2D eigenvalue weighted by molar-refractivity contribution is -0.122. The number of hydrogen-bond acceptors (Lipinski definition) is 4. The molecule has 0 bridgehead atoms. The zero-order valence-corrected chi connectivity index (χ0v) is 15.7. The molecule has 0 spiro atoms. The summed E-state index contributed by atoms with van der Waals surface area (Å²) in [5.74, 6) is -0.903. The summed E-state index contributed by atoms with van der Waals surface area (Å²) in [6, 6.07) is 6.71. The second-order valence-electron chi connectivity index (χ2n) is 6.66. The summed E-state index contributed by atoms with van der Waals surface area (Å²) in [4.78, 5) is 28.4. The quantitative estimate of drug-likeness (QED) is 0.506. The lowest BCUT2D eigenvalue weighted by Crippen LogP contribution is -2.54. The first-order chi connectivity index (χ1) is 11.1. The Bertz CT molecular complexity index is 711. The Balaban J connectivity index is 2.40. The van der Waals surface area contributed by atoms with Crippen LogP contribution in [0.2, 0.25) is 5.02 Å². The predicted octanol–water partition coefficient (Wildman–Crippen LogP) is 2.60. The van der Waals surface area contributed by atoms with Crippen molar-refractivity contribution in [1.29, 1.82) is 0 Å². The monoisotopic (exact) mass is 365 g/mol. The maximum atomic E-state index is 12.9. The summed E-state index contributed by atoms with van der Waals surface area (Å²) in [5.41, 5.74) is 0.298. The Hall–Kier alpha value is -1.76. The molecular formula is C17H20ClN3O2S. The van der Waals surface area contributed by atoms with Crippen LogP contribution in [0.25, 0.3) is 0 Å². The smallest absolute Gasteiger partial charge is 0.269 e. The van der Waals surface area contributed by atoms with Gasteiger partial charge in [0.1, 0.15) is 5.57 Å². The molecule has 2 amide bonds. The van der Waals surface area contributed by atoms with Crippen molar-refractivity contribution >= 4 is 46.4 Å². The summed E-state index contributed by atoms with van der Waals surface area (Å²) in [6.07, 6.45) is 1.70. The number of amides is 2. The fraction of sp³-hybridized carbons (Fsp3) is 0.353. The van der Waals surface area contributed by atoms with E-state index in [-0.39, 0.29) is 16.1 Å². The lowest BCUT2D eigenvalue weighted by Gasteiger charge is -2.31. The van der Waals surface area contributed by atoms with Crippen LogP contribution in [0, 0.1) is 5.41 Å². The van der Waals surface area contributed by atoms with Crippen LogP contribution in [0.15, 0.2) is 35.9 Å². The van der Waals surface area contributed by atoms with E-state index in [1.807, 2.05) is 32.8 Å². The van der Waals surface area contributed by atoms with Crippen molar-refractivity contribution in [2.24, 2.45) is 5.41 Å². The number of nitrogens with zero attached hydrogens (tertiary/aromatic N) is 2. The average molecular weight is 366 g/mol. The Labute approximate surface area is 152 Å². The normalized spacial score (nSPS) is 17.7. The van der Waals surface area contributed by atoms with Crippen molar-refractivity contribution < 1.29 is 9.59 Å². The SMILES string of the molecule is CN(C)CC(C)(C)/C=C1/C(=O)NC(=S)N(c2ccc(Cl)cc2)C1=O. The molecule has 1 heterocycles. The number of carbonyl (C=O) groups excluding carboxylic acids is 2. The number of benzene rings is 1. The molecule has 2 rings (SSSR count). The van der Waals surface area contributed by atoms with Gasteiger partial charge < -0.3 is 4.90 Å². The van der Waals surface area contributed by atoms with E-state index in [9.17, 15) is 9.59 Å². The number of carbonyl (C=O) groups is 2. The molecule has 0 unspecified atom stereocenters. The highest BCUT2D eigenvalue weighted by Crippen LogP contribution is 2.26. The second-order valence-corrected chi connectivity index (χ2v) is 7.48. The van der Waals surface area contributed by atoms with Crippen molar-refractivity contribution in [3.8, 4) is 0 Å². The first-order valence-electron chi connectivity index (χ1n) is 7.44. The zero-order valence-electron chi connectivity index (χ0n) is 14.1. The van der Waals surface area contributed by atoms with Crippen LogP contribution in [0.5, 0.6) is 0 Å². The molecule has 7 heteroatoms. The van der Waals surface area contributed by atoms with E-state index in [4.69, 9.17) is 23.8 Å². The van der Waals surface area contributed by atoms with E-state index in [2.05, 4.69) is 5.32 Å². The van der Waals surface area contributed by atoms with Gasteiger partial charge in [0.25, 0.3) is 11.8 Å². The van der Waals surface area contributed by atoms with Crippen LogP contribution in [0.3, 0.4) is 0 Å². The molecule has 1 aromatic carbocycles. The molecule has 1 aliphatic rings. The van der Waals surface area contributed by atoms with Crippen LogP contribution in [0.4, 0.5) is 5.69 Å². The zero-order chi connectivity index (χ0) is 18.1. The van der Waals surface area contributed by atoms with Gasteiger partial charge in [-0.2, -0.15) is 0 Å². The van der Waals surface area contributed by atoms with E-state index in [0.717, 1.165) is 0 Å². The summed E-state index contributed by atoms with van der Waals surface area (Å²) < 4.78 is 0. The standard InChI is InChI=1S/C17H20ClN3O2S/c1-17(2,10-20(3)4)9-13-14(22)19-16(24)21(15(13)23)12-7-5-11(18)6-8-12/h5-9H,10H2,1-4H3,(H,19,22,24)/b13-9-. The maximum absolute atomic E-state index is 12.9. The van der Waals surface area contributed by atoms with E-state index in [1.165, 1.54) is 4.90 Å². The van der Waals surface area contributed by atoms with E-state index >= 15 is 0 Å². The van der Waals surface area contributed by atoms with Crippen molar-refractivity contribution in [3.05, 3.63) is 40.9 Å². The van der Waals surface area contributed by atoms with Crippen molar-refractivity contribution in [2.45, 2.75) is 13.8 Å². The summed E-state index contributed by atoms with van der Waals surface area (Å²) in [5, 5.41) is 3.20. The van der Waals surface area contributed by atoms with Crippen molar-refractivity contribution in [2.75, 3.05) is 25.5 Å². The summed E-state index contributed by atoms with van der Waals surface area (Å²) in [7, 11) is 3.89. The summed E-state index contributed by atoms with van der Waals surface area (Å²) >= 11 is 11.1. The van der Waals surface area contributed by atoms with Gasteiger partial charge in [0.05, 0.1) is 5.69 Å². The van der Waals surface area contributed by atoms with Crippen molar-refractivity contribution in [3.63, 3.8) is 0 Å². The third-order valence-corrected chi connectivity index (χ3v) is 3.98. The van der Waals surface area contributed by atoms with Crippen LogP contribution < -0.4 is 10.2 Å². The number of halogens is 1. The minimum atomic E-state index is -0.470. The second kappa shape index (κ2) is 7.01. The summed E-state index contributed by atoms with van der Waals surface area (Å²) in [6.45, 7) is 4.64. The molecule has 1 saturated heterocycles. The molecule has 1 fully saturated rings. The fourth-order valence-electron chi connectivity index (χ4n) is 2.73. The Morgan fingerprint density at radius 3 is 2.38 bits per heavy atom. The van der Waals surface area contributed by atoms with Gasteiger partial charge in [-0.05, 0) is 56.0 Å².